The van der Waals surface area contributed by atoms with E-state index in [1.165, 1.54) is 42.0 Å². The summed E-state index contributed by atoms with van der Waals surface area (Å²) >= 11 is 5.94. The van der Waals surface area contributed by atoms with Crippen molar-refractivity contribution in [3.05, 3.63) is 141 Å². The minimum absolute atomic E-state index is 0.0312. The number of fused-ring (bicyclic) bond motifs is 1. The minimum Gasteiger partial charge on any atom is -0.481 e. The summed E-state index contributed by atoms with van der Waals surface area (Å²) in [7, 11) is -3.71. The van der Waals surface area contributed by atoms with Crippen molar-refractivity contribution in [3.63, 3.8) is 0 Å². The number of carboxylic acid groups (broad SMARTS) is 1. The van der Waals surface area contributed by atoms with Crippen LogP contribution in [0.4, 0.5) is 8.78 Å². The number of hydrogen-bond acceptors (Lipinski definition) is 4. The maximum absolute atomic E-state index is 13.7. The van der Waals surface area contributed by atoms with Crippen LogP contribution in [0.2, 0.25) is 5.02 Å². The molecule has 1 atom stereocenters. The highest BCUT2D eigenvalue weighted by molar-refractivity contribution is 7.89. The number of benzene rings is 4. The van der Waals surface area contributed by atoms with Crippen LogP contribution in [0.5, 0.6) is 0 Å². The molecule has 10 heteroatoms. The fourth-order valence-electron chi connectivity index (χ4n) is 7.14. The van der Waals surface area contributed by atoms with Gasteiger partial charge < -0.3 is 10.0 Å². The van der Waals surface area contributed by atoms with Crippen LogP contribution in [0.3, 0.4) is 0 Å². The third-order valence-corrected chi connectivity index (χ3v) is 11.4. The monoisotopic (exact) mass is 704 g/mol. The summed E-state index contributed by atoms with van der Waals surface area (Å²) in [6, 6.07) is 22.9. The molecule has 0 aromatic heterocycles. The Labute approximate surface area is 291 Å². The number of carboxylic acids is 1. The van der Waals surface area contributed by atoms with Gasteiger partial charge in [0.15, 0.2) is 0 Å². The highest BCUT2D eigenvalue weighted by Gasteiger charge is 2.27. The molecular formula is C39H39ClF2N2O4S. The molecule has 1 unspecified atom stereocenters. The van der Waals surface area contributed by atoms with Crippen molar-refractivity contribution >= 4 is 33.2 Å². The molecule has 4 aromatic rings. The van der Waals surface area contributed by atoms with Crippen LogP contribution < -0.4 is 4.72 Å². The van der Waals surface area contributed by atoms with E-state index in [1.807, 2.05) is 0 Å². The van der Waals surface area contributed by atoms with E-state index >= 15 is 0 Å². The van der Waals surface area contributed by atoms with Crippen molar-refractivity contribution in [1.29, 1.82) is 0 Å². The summed E-state index contributed by atoms with van der Waals surface area (Å²) < 4.78 is 56.4. The third kappa shape index (κ3) is 8.65. The van der Waals surface area contributed by atoms with Crippen molar-refractivity contribution in [1.82, 2.24) is 9.62 Å². The van der Waals surface area contributed by atoms with Crippen LogP contribution >= 0.6 is 11.6 Å². The third-order valence-electron chi connectivity index (χ3n) is 9.65. The maximum Gasteiger partial charge on any atom is 0.303 e. The number of rotatable bonds is 11. The molecular weight excluding hydrogens is 666 g/mol. The van der Waals surface area contributed by atoms with E-state index in [9.17, 15) is 27.1 Å². The summed E-state index contributed by atoms with van der Waals surface area (Å²) in [6.45, 7) is 2.50. The summed E-state index contributed by atoms with van der Waals surface area (Å²) in [6.07, 6.45) is 4.71. The molecule has 0 spiro atoms. The van der Waals surface area contributed by atoms with Crippen molar-refractivity contribution < 1.29 is 27.1 Å². The number of hydrogen-bond donors (Lipinski definition) is 2. The van der Waals surface area contributed by atoms with Crippen molar-refractivity contribution in [3.8, 4) is 0 Å². The highest BCUT2D eigenvalue weighted by atomic mass is 35.5. The molecule has 2 N–H and O–H groups in total. The first-order valence-corrected chi connectivity index (χ1v) is 18.5. The Balaban J connectivity index is 1.15. The molecule has 1 saturated heterocycles. The van der Waals surface area contributed by atoms with Crippen LogP contribution in [-0.4, -0.2) is 50.1 Å². The van der Waals surface area contributed by atoms with Gasteiger partial charge in [0.05, 0.1) is 4.90 Å². The molecule has 1 aliphatic heterocycles. The average molecular weight is 705 g/mol. The predicted octanol–water partition coefficient (Wildman–Crippen LogP) is 7.61. The second-order valence-electron chi connectivity index (χ2n) is 12.8. The summed E-state index contributed by atoms with van der Waals surface area (Å²) in [4.78, 5) is 14.2. The molecule has 0 amide bonds. The molecule has 256 valence electrons. The summed E-state index contributed by atoms with van der Waals surface area (Å²) in [5, 5.41) is 9.99. The molecule has 0 radical (unpaired) electrons. The molecule has 6 rings (SSSR count). The van der Waals surface area contributed by atoms with Crippen LogP contribution in [0.25, 0.3) is 5.57 Å². The first-order chi connectivity index (χ1) is 23.6. The van der Waals surface area contributed by atoms with Crippen LogP contribution in [0.15, 0.2) is 95.4 Å². The Bertz CT molecular complexity index is 1890. The first kappa shape index (κ1) is 35.0. The minimum atomic E-state index is -3.71. The largest absolute Gasteiger partial charge is 0.481 e. The van der Waals surface area contributed by atoms with Gasteiger partial charge in [0.1, 0.15) is 11.6 Å². The van der Waals surface area contributed by atoms with Crippen LogP contribution in [0.1, 0.15) is 59.1 Å². The molecule has 1 heterocycles. The SMILES string of the molecule is O=C(O)CCc1c(CCN2CCC(=C(c3ccc(F)cc3)c3ccc(F)cc3)CC2)ccc2c1CCC(NS(=O)(=O)c1ccc(Cl)cc1)C2. The van der Waals surface area contributed by atoms with Gasteiger partial charge in [-0.2, -0.15) is 0 Å². The Kier molecular flexibility index (Phi) is 10.9. The van der Waals surface area contributed by atoms with Gasteiger partial charge in [0.2, 0.25) is 10.0 Å². The van der Waals surface area contributed by atoms with E-state index < -0.39 is 16.0 Å². The highest BCUT2D eigenvalue weighted by Crippen LogP contribution is 2.34. The standard InChI is InChI=1S/C39H39ClF2N2O4S/c40-31-7-14-35(15-8-31)49(47,48)43-34-13-16-37-30(25-34)2-1-26(36(37)17-18-38(45)46)19-22-44-23-20-29(21-24-44)39(27-3-9-32(41)10-4-27)28-5-11-33(42)12-6-28/h1-12,14-15,34,43H,13,16-25H2,(H,45,46). The van der Waals surface area contributed by atoms with Crippen molar-refractivity contribution in [2.45, 2.75) is 62.3 Å². The number of halogens is 3. The lowest BCUT2D eigenvalue weighted by molar-refractivity contribution is -0.136. The summed E-state index contributed by atoms with van der Waals surface area (Å²) in [5.74, 6) is -1.45. The average Bonchev–Trinajstić information content (AvgIpc) is 3.08. The fourth-order valence-corrected chi connectivity index (χ4v) is 8.54. The van der Waals surface area contributed by atoms with Crippen LogP contribution in [-0.2, 0) is 40.5 Å². The molecule has 0 bridgehead atoms. The van der Waals surface area contributed by atoms with Crippen LogP contribution in [0, 0.1) is 11.6 Å². The Hall–Kier alpha value is -3.89. The lowest BCUT2D eigenvalue weighted by atomic mass is 9.82. The number of sulfonamides is 1. The maximum atomic E-state index is 13.7. The van der Waals surface area contributed by atoms with E-state index in [2.05, 4.69) is 21.8 Å². The van der Waals surface area contributed by atoms with E-state index in [1.54, 1.807) is 36.4 Å². The van der Waals surface area contributed by atoms with Crippen molar-refractivity contribution in [2.24, 2.45) is 0 Å². The van der Waals surface area contributed by atoms with Crippen molar-refractivity contribution in [2.75, 3.05) is 19.6 Å². The van der Waals surface area contributed by atoms with Gasteiger partial charge >= 0.3 is 5.97 Å². The van der Waals surface area contributed by atoms with Gasteiger partial charge in [-0.3, -0.25) is 4.79 Å². The Morgan fingerprint density at radius 3 is 2.04 bits per heavy atom. The Morgan fingerprint density at radius 1 is 0.837 bits per heavy atom. The van der Waals surface area contributed by atoms with Gasteiger partial charge in [-0.05, 0) is 132 Å². The molecule has 49 heavy (non-hydrogen) atoms. The second kappa shape index (κ2) is 15.3. The topological polar surface area (TPSA) is 86.7 Å². The smallest absolute Gasteiger partial charge is 0.303 e. The molecule has 0 saturated carbocycles. The number of aliphatic carboxylic acids is 1. The lowest BCUT2D eigenvalue weighted by Gasteiger charge is -2.31. The zero-order valence-electron chi connectivity index (χ0n) is 27.1. The second-order valence-corrected chi connectivity index (χ2v) is 15.0. The zero-order valence-corrected chi connectivity index (χ0v) is 28.7. The number of nitrogens with zero attached hydrogens (tertiary/aromatic N) is 1. The van der Waals surface area contributed by atoms with E-state index in [4.69, 9.17) is 11.6 Å². The Morgan fingerprint density at radius 2 is 1.45 bits per heavy atom. The molecule has 1 fully saturated rings. The van der Waals surface area contributed by atoms with Gasteiger partial charge in [0.25, 0.3) is 0 Å². The number of nitrogens with one attached hydrogen (secondary N) is 1. The molecule has 1 aliphatic carbocycles. The number of likely N-dealkylation sites (tertiary alicyclic amines) is 1. The van der Waals surface area contributed by atoms with E-state index in [0.717, 1.165) is 77.9 Å². The fraction of sp³-hybridized carbons (Fsp3) is 0.308. The quantitative estimate of drug-likeness (QED) is 0.168. The van der Waals surface area contributed by atoms with Gasteiger partial charge in [-0.1, -0.05) is 53.6 Å². The summed E-state index contributed by atoms with van der Waals surface area (Å²) in [5.41, 5.74) is 8.52. The van der Waals surface area contributed by atoms with Gasteiger partial charge in [-0.25, -0.2) is 21.9 Å². The van der Waals surface area contributed by atoms with Gasteiger partial charge in [-0.15, -0.1) is 0 Å². The normalized spacial score (nSPS) is 16.7. The van der Waals surface area contributed by atoms with Gasteiger partial charge in [0, 0.05) is 37.1 Å². The number of carbonyl (C=O) groups is 1. The van der Waals surface area contributed by atoms with E-state index in [0.29, 0.717) is 30.7 Å². The molecule has 2 aliphatic rings. The number of piperidine rings is 1. The zero-order chi connectivity index (χ0) is 34.5. The molecule has 6 nitrogen and oxygen atoms in total. The van der Waals surface area contributed by atoms with E-state index in [-0.39, 0.29) is 29.0 Å². The predicted molar refractivity (Wildman–Crippen MR) is 188 cm³/mol. The lowest BCUT2D eigenvalue weighted by Crippen LogP contribution is -2.39. The molecule has 4 aromatic carbocycles. The first-order valence-electron chi connectivity index (χ1n) is 16.6.